The number of aromatic nitrogens is 1. The highest BCUT2D eigenvalue weighted by molar-refractivity contribution is 7.89. The summed E-state index contributed by atoms with van der Waals surface area (Å²) in [4.78, 5) is 17.0. The summed E-state index contributed by atoms with van der Waals surface area (Å²) in [6, 6.07) is 11.6. The zero-order chi connectivity index (χ0) is 22.6. The molecule has 0 radical (unpaired) electrons. The van der Waals surface area contributed by atoms with Gasteiger partial charge in [0.25, 0.3) is 5.91 Å². The highest BCUT2D eigenvalue weighted by atomic mass is 32.2. The highest BCUT2D eigenvalue weighted by Crippen LogP contribution is 2.25. The number of anilines is 1. The summed E-state index contributed by atoms with van der Waals surface area (Å²) in [5.41, 5.74) is 4.06. The molecule has 4 rings (SSSR count). The van der Waals surface area contributed by atoms with Crippen molar-refractivity contribution >= 4 is 33.0 Å². The first-order valence-corrected chi connectivity index (χ1v) is 12.4. The van der Waals surface area contributed by atoms with Crippen LogP contribution in [0.2, 0.25) is 0 Å². The van der Waals surface area contributed by atoms with Gasteiger partial charge in [-0.3, -0.25) is 4.79 Å². The van der Waals surface area contributed by atoms with Crippen LogP contribution in [-0.4, -0.2) is 49.9 Å². The van der Waals surface area contributed by atoms with Crippen LogP contribution in [0, 0.1) is 6.92 Å². The Kier molecular flexibility index (Phi) is 6.85. The van der Waals surface area contributed by atoms with Crippen LogP contribution in [0.4, 0.5) is 5.69 Å². The number of aryl methyl sites for hydroxylation is 1. The number of rotatable bonds is 7. The average Bonchev–Trinajstić information content (AvgIpc) is 3.33. The lowest BCUT2D eigenvalue weighted by Gasteiger charge is -2.26. The third kappa shape index (κ3) is 5.16. The molecular weight excluding hydrogens is 450 g/mol. The van der Waals surface area contributed by atoms with Crippen LogP contribution in [0.3, 0.4) is 0 Å². The molecule has 1 aliphatic heterocycles. The summed E-state index contributed by atoms with van der Waals surface area (Å²) in [6.45, 7) is 3.48. The number of carbonyl (C=O) groups excluding carboxylic acids is 1. The van der Waals surface area contributed by atoms with Gasteiger partial charge >= 0.3 is 0 Å². The van der Waals surface area contributed by atoms with E-state index in [1.54, 1.807) is 48.8 Å². The number of amides is 1. The van der Waals surface area contributed by atoms with Crippen molar-refractivity contribution in [3.05, 3.63) is 70.2 Å². The average molecular weight is 474 g/mol. The van der Waals surface area contributed by atoms with Crippen LogP contribution in [0.5, 0.6) is 5.75 Å². The van der Waals surface area contributed by atoms with Crippen molar-refractivity contribution in [1.29, 1.82) is 0 Å². The van der Waals surface area contributed by atoms with Crippen LogP contribution < -0.4 is 10.1 Å². The molecule has 2 aromatic carbocycles. The Morgan fingerprint density at radius 1 is 1.19 bits per heavy atom. The molecule has 0 atom stereocenters. The second-order valence-corrected chi connectivity index (χ2v) is 9.87. The second-order valence-electron chi connectivity index (χ2n) is 7.24. The fraction of sp³-hybridized carbons (Fsp3) is 0.273. The van der Waals surface area contributed by atoms with Crippen LogP contribution in [0.15, 0.2) is 58.3 Å². The summed E-state index contributed by atoms with van der Waals surface area (Å²) in [5, 5.41) is 4.69. The number of carbonyl (C=O) groups is 1. The zero-order valence-electron chi connectivity index (χ0n) is 17.5. The van der Waals surface area contributed by atoms with Crippen molar-refractivity contribution in [2.24, 2.45) is 0 Å². The van der Waals surface area contributed by atoms with Gasteiger partial charge < -0.3 is 14.8 Å². The van der Waals surface area contributed by atoms with E-state index in [4.69, 9.17) is 9.47 Å². The van der Waals surface area contributed by atoms with Crippen LogP contribution >= 0.6 is 11.3 Å². The molecule has 0 aliphatic carbocycles. The Balaban J connectivity index is 1.44. The molecule has 3 aromatic rings. The van der Waals surface area contributed by atoms with Gasteiger partial charge in [0.15, 0.2) is 0 Å². The van der Waals surface area contributed by atoms with Gasteiger partial charge in [-0.2, -0.15) is 4.31 Å². The van der Waals surface area contributed by atoms with Crippen molar-refractivity contribution in [2.75, 3.05) is 31.6 Å². The molecular formula is C22H23N3O5S2. The summed E-state index contributed by atoms with van der Waals surface area (Å²) < 4.78 is 38.4. The summed E-state index contributed by atoms with van der Waals surface area (Å²) >= 11 is 1.50. The number of hydrogen-bond acceptors (Lipinski definition) is 7. The Morgan fingerprint density at radius 2 is 1.94 bits per heavy atom. The van der Waals surface area contributed by atoms with Crippen LogP contribution in [0.1, 0.15) is 21.6 Å². The van der Waals surface area contributed by atoms with E-state index >= 15 is 0 Å². The van der Waals surface area contributed by atoms with Gasteiger partial charge in [0.05, 0.1) is 29.3 Å². The van der Waals surface area contributed by atoms with Gasteiger partial charge in [-0.15, -0.1) is 11.3 Å². The number of sulfonamides is 1. The van der Waals surface area contributed by atoms with Crippen molar-refractivity contribution in [3.8, 4) is 5.75 Å². The molecule has 1 aromatic heterocycles. The lowest BCUT2D eigenvalue weighted by atomic mass is 10.2. The molecule has 10 heteroatoms. The maximum atomic E-state index is 13.0. The molecule has 1 N–H and O–H groups in total. The number of hydrogen-bond donors (Lipinski definition) is 1. The number of nitrogens with zero attached hydrogens (tertiary/aromatic N) is 2. The minimum atomic E-state index is -3.67. The summed E-state index contributed by atoms with van der Waals surface area (Å²) in [7, 11) is -3.67. The fourth-order valence-corrected chi connectivity index (χ4v) is 5.46. The number of morpholine rings is 1. The number of benzene rings is 2. The molecule has 32 heavy (non-hydrogen) atoms. The predicted octanol–water partition coefficient (Wildman–Crippen LogP) is 3.30. The quantitative estimate of drug-likeness (QED) is 0.565. The van der Waals surface area contributed by atoms with Gasteiger partial charge in [0.1, 0.15) is 12.4 Å². The second kappa shape index (κ2) is 9.78. The van der Waals surface area contributed by atoms with Crippen molar-refractivity contribution in [3.63, 3.8) is 0 Å². The molecule has 0 saturated carbocycles. The van der Waals surface area contributed by atoms with Gasteiger partial charge in [-0.1, -0.05) is 6.07 Å². The van der Waals surface area contributed by atoms with Gasteiger partial charge in [0, 0.05) is 29.7 Å². The number of thiazole rings is 1. The van der Waals surface area contributed by atoms with E-state index in [0.717, 1.165) is 5.69 Å². The first-order chi connectivity index (χ1) is 15.4. The van der Waals surface area contributed by atoms with Crippen molar-refractivity contribution < 1.29 is 22.7 Å². The van der Waals surface area contributed by atoms with E-state index in [9.17, 15) is 13.2 Å². The zero-order valence-corrected chi connectivity index (χ0v) is 19.1. The molecule has 0 unspecified atom stereocenters. The first-order valence-electron chi connectivity index (χ1n) is 10.0. The monoisotopic (exact) mass is 473 g/mol. The van der Waals surface area contributed by atoms with E-state index in [1.807, 2.05) is 5.38 Å². The Labute approximate surface area is 190 Å². The van der Waals surface area contributed by atoms with Gasteiger partial charge in [-0.25, -0.2) is 13.4 Å². The third-order valence-corrected chi connectivity index (χ3v) is 7.70. The lowest BCUT2D eigenvalue weighted by molar-refractivity contribution is 0.0730. The maximum Gasteiger partial charge on any atom is 0.255 e. The summed E-state index contributed by atoms with van der Waals surface area (Å²) in [6.07, 6.45) is 0. The van der Waals surface area contributed by atoms with Crippen molar-refractivity contribution in [1.82, 2.24) is 9.29 Å². The SMILES string of the molecule is Cc1ccc(NC(=O)c2ccc(OCc3cscn3)cc2)cc1S(=O)(=O)N1CCOCC1. The topological polar surface area (TPSA) is 97.8 Å². The van der Waals surface area contributed by atoms with Crippen LogP contribution in [-0.2, 0) is 21.4 Å². The predicted molar refractivity (Wildman–Crippen MR) is 122 cm³/mol. The van der Waals surface area contributed by atoms with Gasteiger partial charge in [-0.05, 0) is 48.9 Å². The Morgan fingerprint density at radius 3 is 2.62 bits per heavy atom. The molecule has 0 bridgehead atoms. The van der Waals surface area contributed by atoms with E-state index in [0.29, 0.717) is 55.5 Å². The molecule has 168 valence electrons. The molecule has 1 aliphatic rings. The molecule has 0 spiro atoms. The minimum absolute atomic E-state index is 0.183. The highest BCUT2D eigenvalue weighted by Gasteiger charge is 2.28. The van der Waals surface area contributed by atoms with E-state index in [-0.39, 0.29) is 10.8 Å². The Bertz CT molecular complexity index is 1170. The minimum Gasteiger partial charge on any atom is -0.487 e. The van der Waals surface area contributed by atoms with E-state index in [2.05, 4.69) is 10.3 Å². The molecule has 2 heterocycles. The molecule has 1 amide bonds. The maximum absolute atomic E-state index is 13.0. The first kappa shape index (κ1) is 22.4. The number of nitrogens with one attached hydrogen (secondary N) is 1. The largest absolute Gasteiger partial charge is 0.487 e. The normalized spacial score (nSPS) is 14.8. The van der Waals surface area contributed by atoms with Crippen LogP contribution in [0.25, 0.3) is 0 Å². The Hall–Kier alpha value is -2.79. The molecule has 8 nitrogen and oxygen atoms in total. The lowest BCUT2D eigenvalue weighted by Crippen LogP contribution is -2.40. The smallest absolute Gasteiger partial charge is 0.255 e. The summed E-state index contributed by atoms with van der Waals surface area (Å²) in [5.74, 6) is 0.290. The number of ether oxygens (including phenoxy) is 2. The standard InChI is InChI=1S/C22H23N3O5S2/c1-16-2-5-18(12-21(16)32(27,28)25-8-10-29-11-9-25)24-22(26)17-3-6-20(7-4-17)30-13-19-14-31-15-23-19/h2-7,12,14-15H,8-11,13H2,1H3,(H,24,26). The fourth-order valence-electron chi connectivity index (χ4n) is 3.25. The van der Waals surface area contributed by atoms with Gasteiger partial charge in [0.2, 0.25) is 10.0 Å². The van der Waals surface area contributed by atoms with Crippen molar-refractivity contribution in [2.45, 2.75) is 18.4 Å². The van der Waals surface area contributed by atoms with E-state index in [1.165, 1.54) is 21.7 Å². The van der Waals surface area contributed by atoms with E-state index < -0.39 is 10.0 Å². The molecule has 1 saturated heterocycles. The third-order valence-electron chi connectivity index (χ3n) is 5.02. The molecule has 1 fully saturated rings.